The summed E-state index contributed by atoms with van der Waals surface area (Å²) in [6.45, 7) is 2.15. The van der Waals surface area contributed by atoms with Gasteiger partial charge in [0.25, 0.3) is 0 Å². The lowest BCUT2D eigenvalue weighted by Gasteiger charge is -2.25. The Morgan fingerprint density at radius 2 is 2.13 bits per heavy atom. The number of aromatic nitrogens is 2. The van der Waals surface area contributed by atoms with Gasteiger partial charge in [-0.05, 0) is 25.2 Å². The molecule has 23 heavy (non-hydrogen) atoms. The van der Waals surface area contributed by atoms with Crippen LogP contribution in [0.1, 0.15) is 41.0 Å². The van der Waals surface area contributed by atoms with E-state index < -0.39 is 0 Å². The van der Waals surface area contributed by atoms with E-state index in [-0.39, 0.29) is 22.6 Å². The highest BCUT2D eigenvalue weighted by atomic mass is 32.2. The molecule has 6 nitrogen and oxygen atoms in total. The van der Waals surface area contributed by atoms with Crippen molar-refractivity contribution in [3.63, 3.8) is 0 Å². The number of hydrogen-bond donors (Lipinski definition) is 0. The summed E-state index contributed by atoms with van der Waals surface area (Å²) in [5.41, 5.74) is 2.45. The van der Waals surface area contributed by atoms with Crippen molar-refractivity contribution in [2.24, 2.45) is 5.92 Å². The van der Waals surface area contributed by atoms with Crippen LogP contribution in [0.5, 0.6) is 0 Å². The van der Waals surface area contributed by atoms with Gasteiger partial charge in [-0.1, -0.05) is 0 Å². The maximum Gasteiger partial charge on any atom is 0.359 e. The van der Waals surface area contributed by atoms with Crippen molar-refractivity contribution in [3.8, 4) is 0 Å². The second-order valence-electron chi connectivity index (χ2n) is 5.88. The topological polar surface area (TPSA) is 70.4 Å². The molecule has 2 atom stereocenters. The third-order valence-corrected chi connectivity index (χ3v) is 8.29. The molecule has 2 unspecified atom stereocenters. The average molecular weight is 354 g/mol. The van der Waals surface area contributed by atoms with Crippen LogP contribution in [0, 0.1) is 5.92 Å². The highest BCUT2D eigenvalue weighted by Gasteiger charge is 2.66. The SMILES string of the molecule is CCOC(=O)c1nn(CC(=O)OC)c2c1C1CC1C21SCCS1. The van der Waals surface area contributed by atoms with Crippen molar-refractivity contribution in [1.82, 2.24) is 9.78 Å². The van der Waals surface area contributed by atoms with Gasteiger partial charge in [-0.2, -0.15) is 5.10 Å². The van der Waals surface area contributed by atoms with Crippen molar-refractivity contribution >= 4 is 35.5 Å². The Balaban J connectivity index is 1.82. The minimum atomic E-state index is -0.386. The third kappa shape index (κ3) is 2.14. The Morgan fingerprint density at radius 3 is 2.78 bits per heavy atom. The molecule has 0 N–H and O–H groups in total. The van der Waals surface area contributed by atoms with Crippen LogP contribution in [0.15, 0.2) is 0 Å². The van der Waals surface area contributed by atoms with Gasteiger partial charge in [0.1, 0.15) is 10.6 Å². The van der Waals surface area contributed by atoms with Gasteiger partial charge in [-0.3, -0.25) is 9.48 Å². The Kier molecular flexibility index (Phi) is 3.64. The normalized spacial score (nSPS) is 26.0. The molecule has 0 bridgehead atoms. The molecule has 0 aromatic carbocycles. The van der Waals surface area contributed by atoms with E-state index >= 15 is 0 Å². The minimum absolute atomic E-state index is 0.0422. The first-order valence-electron chi connectivity index (χ1n) is 7.75. The molecule has 4 rings (SSSR count). The summed E-state index contributed by atoms with van der Waals surface area (Å²) in [7, 11) is 1.37. The summed E-state index contributed by atoms with van der Waals surface area (Å²) in [5.74, 6) is 2.37. The zero-order valence-corrected chi connectivity index (χ0v) is 14.7. The predicted octanol–water partition coefficient (Wildman–Crippen LogP) is 1.98. The van der Waals surface area contributed by atoms with Crippen molar-refractivity contribution in [2.75, 3.05) is 25.2 Å². The number of carbonyl (C=O) groups excluding carboxylic acids is 2. The van der Waals surface area contributed by atoms with E-state index in [0.717, 1.165) is 29.2 Å². The Bertz CT molecular complexity index is 681. The number of rotatable bonds is 4. The van der Waals surface area contributed by atoms with Crippen molar-refractivity contribution < 1.29 is 19.1 Å². The molecule has 1 aliphatic heterocycles. The predicted molar refractivity (Wildman–Crippen MR) is 87.6 cm³/mol. The summed E-state index contributed by atoms with van der Waals surface area (Å²) in [5, 5.41) is 4.45. The average Bonchev–Trinajstić information content (AvgIpc) is 2.93. The van der Waals surface area contributed by atoms with E-state index in [1.54, 1.807) is 11.6 Å². The fourth-order valence-corrected chi connectivity index (χ4v) is 7.49. The first-order valence-corrected chi connectivity index (χ1v) is 9.72. The standard InChI is InChI=1S/C15H18N2O4S2/c1-3-21-14(19)12-11-8-6-9(8)15(22-4-5-23-15)13(11)17(16-12)7-10(18)20-2/h8-9H,3-7H2,1-2H3. The number of thioether (sulfide) groups is 2. The van der Waals surface area contributed by atoms with Gasteiger partial charge in [0, 0.05) is 17.1 Å². The number of nitrogens with zero attached hydrogens (tertiary/aromatic N) is 2. The maximum absolute atomic E-state index is 12.3. The fraction of sp³-hybridized carbons (Fsp3) is 0.667. The molecule has 2 heterocycles. The zero-order chi connectivity index (χ0) is 16.2. The molecule has 1 saturated carbocycles. The van der Waals surface area contributed by atoms with E-state index in [1.165, 1.54) is 7.11 Å². The fourth-order valence-electron chi connectivity index (χ4n) is 3.73. The highest BCUT2D eigenvalue weighted by Crippen LogP contribution is 2.75. The quantitative estimate of drug-likeness (QED) is 0.766. The second kappa shape index (κ2) is 5.44. The molecule has 2 fully saturated rings. The molecule has 8 heteroatoms. The molecule has 3 aliphatic rings. The molecular formula is C15H18N2O4S2. The van der Waals surface area contributed by atoms with E-state index in [4.69, 9.17) is 9.47 Å². The van der Waals surface area contributed by atoms with Gasteiger partial charge in [-0.15, -0.1) is 23.5 Å². The van der Waals surface area contributed by atoms with Crippen molar-refractivity contribution in [2.45, 2.75) is 29.9 Å². The van der Waals surface area contributed by atoms with Gasteiger partial charge < -0.3 is 9.47 Å². The van der Waals surface area contributed by atoms with Crippen molar-refractivity contribution in [3.05, 3.63) is 17.0 Å². The monoisotopic (exact) mass is 354 g/mol. The van der Waals surface area contributed by atoms with Gasteiger partial charge in [0.2, 0.25) is 0 Å². The molecule has 124 valence electrons. The number of hydrogen-bond acceptors (Lipinski definition) is 7. The van der Waals surface area contributed by atoms with Gasteiger partial charge in [0.05, 0.1) is 19.4 Å². The summed E-state index contributed by atoms with van der Waals surface area (Å²) in [6, 6.07) is 0. The van der Waals surface area contributed by atoms with Crippen LogP contribution in [0.4, 0.5) is 0 Å². The Labute approximate surface area is 142 Å². The smallest absolute Gasteiger partial charge is 0.359 e. The number of ether oxygens (including phenoxy) is 2. The second-order valence-corrected chi connectivity index (χ2v) is 8.82. The van der Waals surface area contributed by atoms with Gasteiger partial charge in [0.15, 0.2) is 5.69 Å². The van der Waals surface area contributed by atoms with E-state index in [1.807, 2.05) is 23.5 Å². The number of esters is 2. The molecule has 2 aliphatic carbocycles. The molecule has 0 radical (unpaired) electrons. The van der Waals surface area contributed by atoms with E-state index in [9.17, 15) is 9.59 Å². The molecular weight excluding hydrogens is 336 g/mol. The van der Waals surface area contributed by atoms with E-state index in [2.05, 4.69) is 5.10 Å². The van der Waals surface area contributed by atoms with Crippen LogP contribution < -0.4 is 0 Å². The van der Waals surface area contributed by atoms with Crippen molar-refractivity contribution in [1.29, 1.82) is 0 Å². The minimum Gasteiger partial charge on any atom is -0.468 e. The number of methoxy groups -OCH3 is 1. The van der Waals surface area contributed by atoms with Gasteiger partial charge >= 0.3 is 11.9 Å². The van der Waals surface area contributed by atoms with Gasteiger partial charge in [-0.25, -0.2) is 4.79 Å². The molecule has 1 spiro atoms. The lowest BCUT2D eigenvalue weighted by molar-refractivity contribution is -0.141. The van der Waals surface area contributed by atoms with E-state index in [0.29, 0.717) is 24.1 Å². The Hall–Kier alpha value is -1.15. The zero-order valence-electron chi connectivity index (χ0n) is 13.0. The lowest BCUT2D eigenvalue weighted by atomic mass is 10.1. The largest absolute Gasteiger partial charge is 0.468 e. The maximum atomic E-state index is 12.3. The summed E-state index contributed by atoms with van der Waals surface area (Å²) >= 11 is 3.86. The van der Waals surface area contributed by atoms with Crippen LogP contribution in [-0.4, -0.2) is 46.9 Å². The van der Waals surface area contributed by atoms with Crippen LogP contribution in [0.2, 0.25) is 0 Å². The third-order valence-electron chi connectivity index (χ3n) is 4.66. The Morgan fingerprint density at radius 1 is 1.39 bits per heavy atom. The van der Waals surface area contributed by atoms with Crippen LogP contribution >= 0.6 is 23.5 Å². The molecule has 1 saturated heterocycles. The first kappa shape index (κ1) is 15.4. The first-order chi connectivity index (χ1) is 11.1. The summed E-state index contributed by atoms with van der Waals surface area (Å²) < 4.78 is 11.6. The lowest BCUT2D eigenvalue weighted by Crippen LogP contribution is -2.24. The molecule has 0 amide bonds. The summed E-state index contributed by atoms with van der Waals surface area (Å²) in [4.78, 5) is 24.1. The molecule has 1 aromatic heterocycles. The molecule has 1 aromatic rings. The van der Waals surface area contributed by atoms with Crippen LogP contribution in [0.25, 0.3) is 0 Å². The number of carbonyl (C=O) groups is 2. The van der Waals surface area contributed by atoms with Crippen LogP contribution in [-0.2, 0) is 24.9 Å². The number of fused-ring (bicyclic) bond motifs is 5. The summed E-state index contributed by atoms with van der Waals surface area (Å²) in [6.07, 6.45) is 1.10. The van der Waals surface area contributed by atoms with Crippen LogP contribution in [0.3, 0.4) is 0 Å². The highest BCUT2D eigenvalue weighted by molar-refractivity contribution is 8.20.